The Bertz CT molecular complexity index is 1010. The SMILES string of the molecule is CCCCc1cn(C(c2ccccc2)(c2ccccc2)c2ccccc2)nc1O[SiH](C)C. The van der Waals surface area contributed by atoms with Gasteiger partial charge in [0.25, 0.3) is 0 Å². The number of unbranched alkanes of at least 4 members (excludes halogenated alkanes) is 1. The van der Waals surface area contributed by atoms with Crippen LogP contribution in [0.25, 0.3) is 0 Å². The smallest absolute Gasteiger partial charge is 0.231 e. The first-order valence-corrected chi connectivity index (χ1v) is 14.4. The maximum atomic E-state index is 6.33. The van der Waals surface area contributed by atoms with Crippen molar-refractivity contribution in [3.05, 3.63) is 119 Å². The van der Waals surface area contributed by atoms with Gasteiger partial charge >= 0.3 is 0 Å². The molecular formula is C28H32N2OSi. The lowest BCUT2D eigenvalue weighted by Gasteiger charge is -2.36. The highest BCUT2D eigenvalue weighted by Crippen LogP contribution is 2.41. The Hall–Kier alpha value is -3.11. The summed E-state index contributed by atoms with van der Waals surface area (Å²) in [4.78, 5) is 0. The lowest BCUT2D eigenvalue weighted by molar-refractivity contribution is 0.438. The van der Waals surface area contributed by atoms with E-state index in [-0.39, 0.29) is 0 Å². The molecule has 0 radical (unpaired) electrons. The predicted molar refractivity (Wildman–Crippen MR) is 135 cm³/mol. The lowest BCUT2D eigenvalue weighted by Crippen LogP contribution is -2.38. The molecule has 0 unspecified atom stereocenters. The fourth-order valence-electron chi connectivity index (χ4n) is 4.36. The van der Waals surface area contributed by atoms with Crippen LogP contribution in [0.2, 0.25) is 13.1 Å². The molecule has 1 aromatic heterocycles. The average Bonchev–Trinajstić information content (AvgIpc) is 3.22. The Morgan fingerprint density at radius 2 is 1.25 bits per heavy atom. The van der Waals surface area contributed by atoms with E-state index < -0.39 is 14.6 Å². The zero-order valence-corrected chi connectivity index (χ0v) is 20.4. The van der Waals surface area contributed by atoms with Gasteiger partial charge in [-0.25, -0.2) is 4.68 Å². The third kappa shape index (κ3) is 4.28. The summed E-state index contributed by atoms with van der Waals surface area (Å²) in [5.41, 5.74) is 4.13. The van der Waals surface area contributed by atoms with Crippen molar-refractivity contribution in [1.82, 2.24) is 9.78 Å². The minimum absolute atomic E-state index is 0.592. The predicted octanol–water partition coefficient (Wildman–Crippen LogP) is 6.43. The van der Waals surface area contributed by atoms with Crippen molar-refractivity contribution in [3.63, 3.8) is 0 Å². The third-order valence-electron chi connectivity index (χ3n) is 5.82. The van der Waals surface area contributed by atoms with Crippen molar-refractivity contribution < 1.29 is 4.43 Å². The molecule has 0 aliphatic rings. The van der Waals surface area contributed by atoms with Gasteiger partial charge < -0.3 is 4.43 Å². The summed E-state index contributed by atoms with van der Waals surface area (Å²) in [5, 5.41) is 5.13. The van der Waals surface area contributed by atoms with Crippen LogP contribution in [0.3, 0.4) is 0 Å². The molecule has 0 saturated heterocycles. The first kappa shape index (κ1) is 22.1. The molecule has 4 aromatic rings. The molecule has 3 nitrogen and oxygen atoms in total. The van der Waals surface area contributed by atoms with Gasteiger partial charge in [0.05, 0.1) is 0 Å². The molecule has 0 amide bonds. The number of aromatic nitrogens is 2. The van der Waals surface area contributed by atoms with E-state index in [1.165, 1.54) is 22.3 Å². The summed E-state index contributed by atoms with van der Waals surface area (Å²) in [6, 6.07) is 32.0. The van der Waals surface area contributed by atoms with Crippen LogP contribution in [0.15, 0.2) is 97.2 Å². The summed E-state index contributed by atoms with van der Waals surface area (Å²) >= 11 is 0. The summed E-state index contributed by atoms with van der Waals surface area (Å²) in [6.07, 6.45) is 5.46. The van der Waals surface area contributed by atoms with Crippen molar-refractivity contribution in [2.75, 3.05) is 0 Å². The van der Waals surface area contributed by atoms with Crippen LogP contribution < -0.4 is 4.43 Å². The summed E-state index contributed by atoms with van der Waals surface area (Å²) < 4.78 is 8.48. The normalized spacial score (nSPS) is 11.6. The van der Waals surface area contributed by atoms with Crippen molar-refractivity contribution in [2.24, 2.45) is 0 Å². The monoisotopic (exact) mass is 440 g/mol. The highest BCUT2D eigenvalue weighted by atomic mass is 28.3. The van der Waals surface area contributed by atoms with E-state index >= 15 is 0 Å². The van der Waals surface area contributed by atoms with E-state index in [0.717, 1.165) is 25.1 Å². The van der Waals surface area contributed by atoms with E-state index in [0.29, 0.717) is 0 Å². The van der Waals surface area contributed by atoms with Crippen LogP contribution in [0.4, 0.5) is 0 Å². The Morgan fingerprint density at radius 1 is 0.781 bits per heavy atom. The molecule has 32 heavy (non-hydrogen) atoms. The van der Waals surface area contributed by atoms with Crippen molar-refractivity contribution >= 4 is 9.04 Å². The Morgan fingerprint density at radius 3 is 1.66 bits per heavy atom. The van der Waals surface area contributed by atoms with E-state index in [1.807, 2.05) is 0 Å². The number of benzene rings is 3. The zero-order valence-electron chi connectivity index (χ0n) is 19.2. The van der Waals surface area contributed by atoms with E-state index in [4.69, 9.17) is 9.52 Å². The minimum atomic E-state index is -1.30. The largest absolute Gasteiger partial charge is 0.533 e. The van der Waals surface area contributed by atoms with Gasteiger partial charge in [-0.15, -0.1) is 5.10 Å². The molecule has 4 heteroatoms. The molecule has 0 N–H and O–H groups in total. The minimum Gasteiger partial charge on any atom is -0.533 e. The molecular weight excluding hydrogens is 408 g/mol. The van der Waals surface area contributed by atoms with Crippen molar-refractivity contribution in [1.29, 1.82) is 0 Å². The average molecular weight is 441 g/mol. The molecule has 0 spiro atoms. The second-order valence-corrected chi connectivity index (χ2v) is 10.8. The van der Waals surface area contributed by atoms with Gasteiger partial charge in [-0.1, -0.05) is 104 Å². The molecule has 0 bridgehead atoms. The maximum Gasteiger partial charge on any atom is 0.231 e. The van der Waals surface area contributed by atoms with Gasteiger partial charge in [-0.2, -0.15) is 0 Å². The van der Waals surface area contributed by atoms with Gasteiger partial charge in [0.15, 0.2) is 0 Å². The molecule has 1 heterocycles. The molecule has 0 atom stereocenters. The van der Waals surface area contributed by atoms with Gasteiger partial charge in [0, 0.05) is 11.8 Å². The van der Waals surface area contributed by atoms with Crippen molar-refractivity contribution in [3.8, 4) is 5.88 Å². The van der Waals surface area contributed by atoms with E-state index in [2.05, 4.69) is 122 Å². The van der Waals surface area contributed by atoms with E-state index in [9.17, 15) is 0 Å². The van der Waals surface area contributed by atoms with Gasteiger partial charge in [-0.3, -0.25) is 0 Å². The maximum absolute atomic E-state index is 6.33. The first-order chi connectivity index (χ1) is 15.7. The number of nitrogens with zero attached hydrogens (tertiary/aromatic N) is 2. The first-order valence-electron chi connectivity index (χ1n) is 11.6. The molecule has 3 aromatic carbocycles. The summed E-state index contributed by atoms with van der Waals surface area (Å²) in [7, 11) is -1.30. The Balaban J connectivity index is 2.03. The highest BCUT2D eigenvalue weighted by Gasteiger charge is 2.40. The molecule has 164 valence electrons. The zero-order chi connectivity index (χ0) is 22.4. The van der Waals surface area contributed by atoms with Crippen LogP contribution in [0.1, 0.15) is 42.0 Å². The van der Waals surface area contributed by atoms with Crippen LogP contribution in [-0.4, -0.2) is 18.8 Å². The van der Waals surface area contributed by atoms with Crippen molar-refractivity contribution in [2.45, 2.75) is 44.8 Å². The topological polar surface area (TPSA) is 27.1 Å². The quantitative estimate of drug-likeness (QED) is 0.221. The van der Waals surface area contributed by atoms with E-state index in [1.54, 1.807) is 0 Å². The van der Waals surface area contributed by atoms with Gasteiger partial charge in [0.2, 0.25) is 14.9 Å². The Kier molecular flexibility index (Phi) is 6.91. The standard InChI is InChI=1S/C28H32N2OSi/c1-4-5-15-23-22-30(29-27(23)31-32(2)3)28(24-16-9-6-10-17-24,25-18-11-7-12-19-25)26-20-13-8-14-21-26/h6-14,16-22,32H,4-5,15H2,1-3H3. The lowest BCUT2D eigenvalue weighted by atomic mass is 9.77. The van der Waals surface area contributed by atoms with Crippen LogP contribution in [-0.2, 0) is 12.0 Å². The number of hydrogen-bond donors (Lipinski definition) is 0. The molecule has 0 aliphatic carbocycles. The molecule has 0 saturated carbocycles. The third-order valence-corrected chi connectivity index (χ3v) is 6.51. The summed E-state index contributed by atoms with van der Waals surface area (Å²) in [6.45, 7) is 6.62. The number of hydrogen-bond acceptors (Lipinski definition) is 2. The van der Waals surface area contributed by atoms with Crippen LogP contribution in [0.5, 0.6) is 5.88 Å². The van der Waals surface area contributed by atoms with Gasteiger partial charge in [0.1, 0.15) is 5.54 Å². The number of rotatable bonds is 9. The molecule has 0 fully saturated rings. The van der Waals surface area contributed by atoms with Gasteiger partial charge in [-0.05, 0) is 42.6 Å². The second kappa shape index (κ2) is 10.0. The number of aryl methyl sites for hydroxylation is 1. The van der Waals surface area contributed by atoms with Crippen LogP contribution in [0, 0.1) is 0 Å². The Labute approximate surface area is 193 Å². The van der Waals surface area contributed by atoms with Crippen LogP contribution >= 0.6 is 0 Å². The fraction of sp³-hybridized carbons (Fsp3) is 0.250. The summed E-state index contributed by atoms with van der Waals surface area (Å²) in [5.74, 6) is 0.798. The second-order valence-electron chi connectivity index (χ2n) is 8.48. The molecule has 4 rings (SSSR count). The fourth-order valence-corrected chi connectivity index (χ4v) is 5.01. The highest BCUT2D eigenvalue weighted by molar-refractivity contribution is 6.49. The molecule has 0 aliphatic heterocycles.